The van der Waals surface area contributed by atoms with E-state index in [4.69, 9.17) is 18.9 Å². The highest BCUT2D eigenvalue weighted by molar-refractivity contribution is 5.81. The molecule has 234 valence electrons. The molecule has 0 aromatic heterocycles. The lowest BCUT2D eigenvalue weighted by Crippen LogP contribution is -2.48. The number of aliphatic carboxylic acids is 1. The Bertz CT molecular complexity index is 1220. The van der Waals surface area contributed by atoms with E-state index in [9.17, 15) is 24.3 Å². The summed E-state index contributed by atoms with van der Waals surface area (Å²) in [6.45, 7) is 9.52. The molecule has 0 saturated heterocycles. The fraction of sp³-hybridized carbons (Fsp3) is 0.484. The van der Waals surface area contributed by atoms with E-state index in [1.54, 1.807) is 41.5 Å². The molecule has 3 rings (SSSR count). The first-order valence-corrected chi connectivity index (χ1v) is 14.0. The smallest absolute Gasteiger partial charge is 0.407 e. The normalized spacial score (nSPS) is 13.4. The molecule has 12 nitrogen and oxygen atoms in total. The maximum atomic E-state index is 12.7. The number of carbonyl (C=O) groups is 4. The highest BCUT2D eigenvalue weighted by Gasteiger charge is 2.30. The SMILES string of the molecule is CC(C)(C)OC(=O)NCC(CNC(=O)OC(C)(C)C)OCC(NC(=O)OCC1c2ccccc2-c2ccccc21)C(=O)O. The van der Waals surface area contributed by atoms with Gasteiger partial charge in [0.1, 0.15) is 17.8 Å². The van der Waals surface area contributed by atoms with Gasteiger partial charge in [-0.3, -0.25) is 0 Å². The van der Waals surface area contributed by atoms with Crippen molar-refractivity contribution in [2.75, 3.05) is 26.3 Å². The Labute approximate surface area is 251 Å². The second-order valence-electron chi connectivity index (χ2n) is 12.1. The molecule has 1 atom stereocenters. The number of carboxylic acids is 1. The van der Waals surface area contributed by atoms with Gasteiger partial charge in [0.15, 0.2) is 6.04 Å². The molecule has 0 fully saturated rings. The monoisotopic (exact) mass is 599 g/mol. The summed E-state index contributed by atoms with van der Waals surface area (Å²) in [6, 6.07) is 14.2. The van der Waals surface area contributed by atoms with Crippen LogP contribution < -0.4 is 16.0 Å². The zero-order valence-electron chi connectivity index (χ0n) is 25.4. The summed E-state index contributed by atoms with van der Waals surface area (Å²) in [4.78, 5) is 48.9. The van der Waals surface area contributed by atoms with Crippen LogP contribution in [0.1, 0.15) is 58.6 Å². The molecule has 4 N–H and O–H groups in total. The molecule has 0 radical (unpaired) electrons. The van der Waals surface area contributed by atoms with Crippen molar-refractivity contribution in [1.29, 1.82) is 0 Å². The van der Waals surface area contributed by atoms with Gasteiger partial charge < -0.3 is 40.0 Å². The van der Waals surface area contributed by atoms with E-state index in [-0.39, 0.29) is 25.6 Å². The average Bonchev–Trinajstić information content (AvgIpc) is 3.22. The lowest BCUT2D eigenvalue weighted by atomic mass is 9.98. The minimum Gasteiger partial charge on any atom is -0.480 e. The molecule has 2 aromatic rings. The van der Waals surface area contributed by atoms with Crippen molar-refractivity contribution in [2.24, 2.45) is 0 Å². The number of nitrogens with one attached hydrogen (secondary N) is 3. The van der Waals surface area contributed by atoms with Gasteiger partial charge in [-0.25, -0.2) is 19.2 Å². The molecule has 0 heterocycles. The number of carboxylic acid groups (broad SMARTS) is 1. The topological polar surface area (TPSA) is 162 Å². The first-order chi connectivity index (χ1) is 20.1. The van der Waals surface area contributed by atoms with Crippen LogP contribution in [0.4, 0.5) is 14.4 Å². The number of alkyl carbamates (subject to hydrolysis) is 3. The van der Waals surface area contributed by atoms with Crippen LogP contribution in [0.3, 0.4) is 0 Å². The van der Waals surface area contributed by atoms with Gasteiger partial charge in [-0.1, -0.05) is 48.5 Å². The van der Waals surface area contributed by atoms with Crippen molar-refractivity contribution in [3.63, 3.8) is 0 Å². The number of fused-ring (bicyclic) bond motifs is 3. The number of benzene rings is 2. The van der Waals surface area contributed by atoms with Crippen LogP contribution in [0.15, 0.2) is 48.5 Å². The molecule has 1 aliphatic rings. The Hall–Kier alpha value is -4.32. The van der Waals surface area contributed by atoms with Gasteiger partial charge in [-0.05, 0) is 63.8 Å². The summed E-state index contributed by atoms with van der Waals surface area (Å²) in [5.41, 5.74) is 2.69. The molecule has 0 aliphatic heterocycles. The van der Waals surface area contributed by atoms with E-state index in [0.29, 0.717) is 0 Å². The summed E-state index contributed by atoms with van der Waals surface area (Å²) in [7, 11) is 0. The Balaban J connectivity index is 1.59. The number of carbonyl (C=O) groups excluding carboxylic acids is 3. The number of hydrogen-bond donors (Lipinski definition) is 4. The molecule has 0 spiro atoms. The molecule has 1 aliphatic carbocycles. The predicted molar refractivity (Wildman–Crippen MR) is 158 cm³/mol. The van der Waals surface area contributed by atoms with Crippen LogP contribution in [0.25, 0.3) is 11.1 Å². The molecule has 12 heteroatoms. The van der Waals surface area contributed by atoms with Gasteiger partial charge in [0.25, 0.3) is 0 Å². The molecule has 3 amide bonds. The predicted octanol–water partition coefficient (Wildman–Crippen LogP) is 4.41. The van der Waals surface area contributed by atoms with Gasteiger partial charge >= 0.3 is 24.2 Å². The lowest BCUT2D eigenvalue weighted by Gasteiger charge is -2.25. The maximum absolute atomic E-state index is 12.7. The van der Waals surface area contributed by atoms with E-state index in [1.807, 2.05) is 48.5 Å². The van der Waals surface area contributed by atoms with E-state index >= 15 is 0 Å². The Morgan fingerprint density at radius 2 is 1.23 bits per heavy atom. The first-order valence-electron chi connectivity index (χ1n) is 14.0. The fourth-order valence-corrected chi connectivity index (χ4v) is 4.40. The summed E-state index contributed by atoms with van der Waals surface area (Å²) in [5, 5.41) is 17.1. The highest BCUT2D eigenvalue weighted by Crippen LogP contribution is 2.44. The Kier molecular flexibility index (Phi) is 11.0. The lowest BCUT2D eigenvalue weighted by molar-refractivity contribution is -0.141. The van der Waals surface area contributed by atoms with Crippen LogP contribution in [0, 0.1) is 0 Å². The highest BCUT2D eigenvalue weighted by atomic mass is 16.6. The molecule has 2 aromatic carbocycles. The third kappa shape index (κ3) is 10.5. The minimum absolute atomic E-state index is 0.00922. The van der Waals surface area contributed by atoms with E-state index < -0.39 is 54.2 Å². The van der Waals surface area contributed by atoms with Gasteiger partial charge in [0.2, 0.25) is 0 Å². The second-order valence-corrected chi connectivity index (χ2v) is 12.1. The van der Waals surface area contributed by atoms with Crippen molar-refractivity contribution in [3.05, 3.63) is 59.7 Å². The summed E-state index contributed by atoms with van der Waals surface area (Å²) in [6.07, 6.45) is -3.24. The molecule has 0 bridgehead atoms. The van der Waals surface area contributed by atoms with Crippen molar-refractivity contribution < 1.29 is 43.2 Å². The standard InChI is InChI=1S/C31H41N3O9/c1-30(2,3)42-27(37)32-15-19(16-33-28(38)43-31(4,5)6)40-18-25(26(35)36)34-29(39)41-17-24-22-13-9-7-11-20(22)21-12-8-10-14-23(21)24/h7-14,19,24-25H,15-18H2,1-6H3,(H,32,37)(H,33,38)(H,34,39)(H,35,36). The van der Waals surface area contributed by atoms with Crippen LogP contribution in [-0.2, 0) is 23.7 Å². The molecular weight excluding hydrogens is 558 g/mol. The van der Waals surface area contributed by atoms with Crippen molar-refractivity contribution in [1.82, 2.24) is 16.0 Å². The third-order valence-electron chi connectivity index (χ3n) is 6.18. The van der Waals surface area contributed by atoms with E-state index in [2.05, 4.69) is 16.0 Å². The molecular formula is C31H41N3O9. The quantitative estimate of drug-likeness (QED) is 0.274. The zero-order valence-corrected chi connectivity index (χ0v) is 25.4. The molecule has 0 saturated carbocycles. The van der Waals surface area contributed by atoms with Gasteiger partial charge in [0.05, 0.1) is 12.7 Å². The summed E-state index contributed by atoms with van der Waals surface area (Å²) < 4.78 is 21.6. The van der Waals surface area contributed by atoms with Gasteiger partial charge in [-0.15, -0.1) is 0 Å². The van der Waals surface area contributed by atoms with Crippen molar-refractivity contribution in [3.8, 4) is 11.1 Å². The number of rotatable bonds is 11. The van der Waals surface area contributed by atoms with E-state index in [1.165, 1.54) is 0 Å². The van der Waals surface area contributed by atoms with Crippen LogP contribution in [0.2, 0.25) is 0 Å². The molecule has 43 heavy (non-hydrogen) atoms. The largest absolute Gasteiger partial charge is 0.480 e. The van der Waals surface area contributed by atoms with Crippen LogP contribution >= 0.6 is 0 Å². The first kappa shape index (κ1) is 33.2. The minimum atomic E-state index is -1.47. The Morgan fingerprint density at radius 1 is 0.767 bits per heavy atom. The van der Waals surface area contributed by atoms with Gasteiger partial charge in [0, 0.05) is 19.0 Å². The molecule has 1 unspecified atom stereocenters. The van der Waals surface area contributed by atoms with E-state index in [0.717, 1.165) is 22.3 Å². The second kappa shape index (κ2) is 14.2. The van der Waals surface area contributed by atoms with Crippen LogP contribution in [-0.4, -0.2) is 79.0 Å². The van der Waals surface area contributed by atoms with Crippen molar-refractivity contribution in [2.45, 2.75) is 70.8 Å². The third-order valence-corrected chi connectivity index (χ3v) is 6.18. The fourth-order valence-electron chi connectivity index (χ4n) is 4.40. The average molecular weight is 600 g/mol. The van der Waals surface area contributed by atoms with Gasteiger partial charge in [-0.2, -0.15) is 0 Å². The Morgan fingerprint density at radius 3 is 1.67 bits per heavy atom. The van der Waals surface area contributed by atoms with Crippen LogP contribution in [0.5, 0.6) is 0 Å². The summed E-state index contributed by atoms with van der Waals surface area (Å²) in [5.74, 6) is -1.55. The zero-order chi connectivity index (χ0) is 31.8. The number of ether oxygens (including phenoxy) is 4. The number of amides is 3. The summed E-state index contributed by atoms with van der Waals surface area (Å²) >= 11 is 0. The maximum Gasteiger partial charge on any atom is 0.407 e. The number of hydrogen-bond acceptors (Lipinski definition) is 8. The van der Waals surface area contributed by atoms with Crippen molar-refractivity contribution >= 4 is 24.2 Å².